The van der Waals surface area contributed by atoms with Crippen molar-refractivity contribution in [1.29, 1.82) is 0 Å². The molecular formula is C12H10BrClN2O2. The average Bonchev–Trinajstić information content (AvgIpc) is 2.41. The Labute approximate surface area is 118 Å². The molecule has 1 heterocycles. The monoisotopic (exact) mass is 328 g/mol. The zero-order chi connectivity index (χ0) is 13.1. The van der Waals surface area contributed by atoms with Crippen molar-refractivity contribution in [3.63, 3.8) is 0 Å². The summed E-state index contributed by atoms with van der Waals surface area (Å²) in [6.45, 7) is 0. The van der Waals surface area contributed by atoms with Gasteiger partial charge < -0.3 is 9.84 Å². The van der Waals surface area contributed by atoms with Crippen LogP contribution in [-0.4, -0.2) is 22.2 Å². The lowest BCUT2D eigenvalue weighted by atomic mass is 10.1. The Kier molecular flexibility index (Phi) is 4.16. The van der Waals surface area contributed by atoms with Crippen LogP contribution in [0.5, 0.6) is 5.88 Å². The van der Waals surface area contributed by atoms with Gasteiger partial charge in [-0.25, -0.2) is 4.98 Å². The van der Waals surface area contributed by atoms with Crippen LogP contribution in [-0.2, 0) is 0 Å². The highest BCUT2D eigenvalue weighted by Gasteiger charge is 2.18. The van der Waals surface area contributed by atoms with Gasteiger partial charge in [-0.15, -0.1) is 0 Å². The minimum Gasteiger partial charge on any atom is -0.480 e. The molecule has 0 fully saturated rings. The van der Waals surface area contributed by atoms with Gasteiger partial charge in [-0.3, -0.25) is 4.98 Å². The smallest absolute Gasteiger partial charge is 0.238 e. The highest BCUT2D eigenvalue weighted by Crippen LogP contribution is 2.30. The van der Waals surface area contributed by atoms with E-state index in [1.165, 1.54) is 19.5 Å². The molecule has 0 radical (unpaired) electrons. The fourth-order valence-corrected chi connectivity index (χ4v) is 1.96. The molecule has 1 unspecified atom stereocenters. The number of benzene rings is 1. The summed E-state index contributed by atoms with van der Waals surface area (Å²) in [5.74, 6) is 0.295. The Balaban J connectivity index is 2.41. The van der Waals surface area contributed by atoms with Gasteiger partial charge in [-0.05, 0) is 33.6 Å². The molecule has 1 N–H and O–H groups in total. The van der Waals surface area contributed by atoms with E-state index in [0.717, 1.165) is 4.47 Å². The Morgan fingerprint density at radius 3 is 2.72 bits per heavy atom. The first-order valence-electron chi connectivity index (χ1n) is 5.11. The maximum Gasteiger partial charge on any atom is 0.238 e. The largest absolute Gasteiger partial charge is 0.480 e. The lowest BCUT2D eigenvalue weighted by Crippen LogP contribution is -2.06. The number of hydrogen-bond acceptors (Lipinski definition) is 4. The first-order chi connectivity index (χ1) is 8.63. The second-order valence-electron chi connectivity index (χ2n) is 3.53. The first-order valence-corrected chi connectivity index (χ1v) is 6.28. The molecular weight excluding hydrogens is 320 g/mol. The molecule has 0 amide bonds. The van der Waals surface area contributed by atoms with Crippen molar-refractivity contribution in [3.05, 3.63) is 51.3 Å². The fraction of sp³-hybridized carbons (Fsp3) is 0.167. The van der Waals surface area contributed by atoms with Gasteiger partial charge in [0.1, 0.15) is 11.8 Å². The van der Waals surface area contributed by atoms with Gasteiger partial charge in [0, 0.05) is 16.9 Å². The van der Waals surface area contributed by atoms with E-state index in [1.807, 2.05) is 0 Å². The topological polar surface area (TPSA) is 55.2 Å². The molecule has 0 saturated heterocycles. The molecule has 0 bridgehead atoms. The van der Waals surface area contributed by atoms with Gasteiger partial charge >= 0.3 is 0 Å². The van der Waals surface area contributed by atoms with Crippen molar-refractivity contribution >= 4 is 27.5 Å². The summed E-state index contributed by atoms with van der Waals surface area (Å²) < 4.78 is 5.84. The van der Waals surface area contributed by atoms with Crippen molar-refractivity contribution in [2.24, 2.45) is 0 Å². The Morgan fingerprint density at radius 2 is 2.06 bits per heavy atom. The zero-order valence-electron chi connectivity index (χ0n) is 9.47. The summed E-state index contributed by atoms with van der Waals surface area (Å²) in [5.41, 5.74) is 0.986. The van der Waals surface area contributed by atoms with Gasteiger partial charge in [-0.2, -0.15) is 0 Å². The fourth-order valence-electron chi connectivity index (χ4n) is 1.52. The normalized spacial score (nSPS) is 12.2. The van der Waals surface area contributed by atoms with Crippen molar-refractivity contribution in [2.45, 2.75) is 6.10 Å². The molecule has 4 nitrogen and oxygen atoms in total. The van der Waals surface area contributed by atoms with Gasteiger partial charge in [-0.1, -0.05) is 17.7 Å². The summed E-state index contributed by atoms with van der Waals surface area (Å²) in [5, 5.41) is 10.8. The standard InChI is InChI=1S/C12H10BrClN2O2/c1-18-12-10(15-4-5-16-12)11(17)7-2-3-8(13)9(14)6-7/h2-6,11,17H,1H3. The molecule has 6 heteroatoms. The minimum atomic E-state index is -0.931. The van der Waals surface area contributed by atoms with Gasteiger partial charge in [0.05, 0.1) is 12.1 Å². The third-order valence-corrected chi connectivity index (χ3v) is 3.64. The number of hydrogen-bond donors (Lipinski definition) is 1. The van der Waals surface area contributed by atoms with Gasteiger partial charge in [0.25, 0.3) is 0 Å². The quantitative estimate of drug-likeness (QED) is 0.940. The number of methoxy groups -OCH3 is 1. The van der Waals surface area contributed by atoms with Crippen molar-refractivity contribution < 1.29 is 9.84 Å². The van der Waals surface area contributed by atoms with E-state index in [-0.39, 0.29) is 0 Å². The number of halogens is 2. The molecule has 0 aliphatic heterocycles. The molecule has 18 heavy (non-hydrogen) atoms. The lowest BCUT2D eigenvalue weighted by Gasteiger charge is -2.13. The Hall–Kier alpha value is -1.17. The van der Waals surface area contributed by atoms with E-state index >= 15 is 0 Å². The number of aliphatic hydroxyl groups is 1. The maximum atomic E-state index is 10.3. The van der Waals surface area contributed by atoms with Crippen LogP contribution in [0, 0.1) is 0 Å². The molecule has 1 aromatic carbocycles. The van der Waals surface area contributed by atoms with E-state index < -0.39 is 6.10 Å². The van der Waals surface area contributed by atoms with Crippen LogP contribution in [0.4, 0.5) is 0 Å². The molecule has 0 aliphatic rings. The molecule has 1 atom stereocenters. The number of nitrogens with zero attached hydrogens (tertiary/aromatic N) is 2. The van der Waals surface area contributed by atoms with Crippen molar-refractivity contribution in [2.75, 3.05) is 7.11 Å². The zero-order valence-corrected chi connectivity index (χ0v) is 11.8. The van der Waals surface area contributed by atoms with E-state index in [0.29, 0.717) is 22.2 Å². The van der Waals surface area contributed by atoms with Crippen LogP contribution in [0.2, 0.25) is 5.02 Å². The summed E-state index contributed by atoms with van der Waals surface area (Å²) in [7, 11) is 1.48. The molecule has 0 spiro atoms. The van der Waals surface area contributed by atoms with Crippen LogP contribution < -0.4 is 4.74 Å². The third kappa shape index (κ3) is 2.63. The molecule has 0 aliphatic carbocycles. The van der Waals surface area contributed by atoms with Crippen LogP contribution in [0.1, 0.15) is 17.4 Å². The predicted molar refractivity (Wildman–Crippen MR) is 71.8 cm³/mol. The highest BCUT2D eigenvalue weighted by atomic mass is 79.9. The number of ether oxygens (including phenoxy) is 1. The SMILES string of the molecule is COc1nccnc1C(O)c1ccc(Br)c(Cl)c1. The van der Waals surface area contributed by atoms with Crippen LogP contribution in [0.25, 0.3) is 0 Å². The number of aliphatic hydroxyl groups excluding tert-OH is 1. The third-order valence-electron chi connectivity index (χ3n) is 2.40. The summed E-state index contributed by atoms with van der Waals surface area (Å²) in [6, 6.07) is 5.20. The molecule has 2 rings (SSSR count). The van der Waals surface area contributed by atoms with E-state index in [4.69, 9.17) is 16.3 Å². The maximum absolute atomic E-state index is 10.3. The second-order valence-corrected chi connectivity index (χ2v) is 4.79. The van der Waals surface area contributed by atoms with Crippen molar-refractivity contribution in [1.82, 2.24) is 9.97 Å². The van der Waals surface area contributed by atoms with Gasteiger partial charge in [0.15, 0.2) is 0 Å². The van der Waals surface area contributed by atoms with Crippen molar-refractivity contribution in [3.8, 4) is 5.88 Å². The van der Waals surface area contributed by atoms with E-state index in [1.54, 1.807) is 18.2 Å². The summed E-state index contributed by atoms with van der Waals surface area (Å²) >= 11 is 9.29. The van der Waals surface area contributed by atoms with Crippen LogP contribution >= 0.6 is 27.5 Å². The number of rotatable bonds is 3. The lowest BCUT2D eigenvalue weighted by molar-refractivity contribution is 0.207. The van der Waals surface area contributed by atoms with E-state index in [9.17, 15) is 5.11 Å². The molecule has 2 aromatic rings. The molecule has 94 valence electrons. The van der Waals surface area contributed by atoms with Gasteiger partial charge in [0.2, 0.25) is 5.88 Å². The highest BCUT2D eigenvalue weighted by molar-refractivity contribution is 9.10. The summed E-state index contributed by atoms with van der Waals surface area (Å²) in [6.07, 6.45) is 2.07. The van der Waals surface area contributed by atoms with Crippen LogP contribution in [0.3, 0.4) is 0 Å². The van der Waals surface area contributed by atoms with Crippen LogP contribution in [0.15, 0.2) is 35.1 Å². The number of aromatic nitrogens is 2. The minimum absolute atomic E-state index is 0.295. The Morgan fingerprint density at radius 1 is 1.33 bits per heavy atom. The molecule has 1 aromatic heterocycles. The molecule has 0 saturated carbocycles. The Bertz CT molecular complexity index is 566. The summed E-state index contributed by atoms with van der Waals surface area (Å²) in [4.78, 5) is 8.08. The first kappa shape index (κ1) is 13.3. The average molecular weight is 330 g/mol. The van der Waals surface area contributed by atoms with E-state index in [2.05, 4.69) is 25.9 Å². The second kappa shape index (κ2) is 5.65. The predicted octanol–water partition coefficient (Wildman–Crippen LogP) is 2.98.